The SMILES string of the molecule is CCCNc1cc(CCC)nc2ccc(I)cc12. The van der Waals surface area contributed by atoms with Crippen molar-refractivity contribution in [3.05, 3.63) is 33.5 Å². The Hall–Kier alpha value is -0.840. The highest BCUT2D eigenvalue weighted by Gasteiger charge is 2.05. The van der Waals surface area contributed by atoms with Crippen LogP contribution >= 0.6 is 22.6 Å². The normalized spacial score (nSPS) is 10.8. The number of nitrogens with one attached hydrogen (secondary N) is 1. The van der Waals surface area contributed by atoms with Gasteiger partial charge in [-0.3, -0.25) is 4.98 Å². The quantitative estimate of drug-likeness (QED) is 0.793. The van der Waals surface area contributed by atoms with Crippen LogP contribution < -0.4 is 5.32 Å². The van der Waals surface area contributed by atoms with Crippen molar-refractivity contribution in [2.45, 2.75) is 33.1 Å². The third-order valence-corrected chi connectivity index (χ3v) is 3.57. The van der Waals surface area contributed by atoms with E-state index in [0.29, 0.717) is 0 Å². The standard InChI is InChI=1S/C15H19IN2/c1-3-5-12-10-15(17-8-4-2)13-9-11(16)6-7-14(13)18-12/h6-7,9-10H,3-5,8H2,1-2H3,(H,17,18). The van der Waals surface area contributed by atoms with Gasteiger partial charge in [0.05, 0.1) is 5.52 Å². The summed E-state index contributed by atoms with van der Waals surface area (Å²) in [7, 11) is 0. The van der Waals surface area contributed by atoms with Crippen molar-refractivity contribution in [2.24, 2.45) is 0 Å². The third kappa shape index (κ3) is 3.13. The van der Waals surface area contributed by atoms with Crippen LogP contribution in [0.25, 0.3) is 10.9 Å². The molecule has 1 aromatic carbocycles. The first-order chi connectivity index (χ1) is 8.74. The summed E-state index contributed by atoms with van der Waals surface area (Å²) in [6.07, 6.45) is 3.32. The first-order valence-corrected chi connectivity index (χ1v) is 7.65. The second kappa shape index (κ2) is 6.36. The van der Waals surface area contributed by atoms with Gasteiger partial charge in [0, 0.05) is 26.9 Å². The average molecular weight is 354 g/mol. The van der Waals surface area contributed by atoms with E-state index in [1.54, 1.807) is 0 Å². The summed E-state index contributed by atoms with van der Waals surface area (Å²) < 4.78 is 1.25. The van der Waals surface area contributed by atoms with E-state index in [1.807, 2.05) is 0 Å². The lowest BCUT2D eigenvalue weighted by Crippen LogP contribution is -2.02. The van der Waals surface area contributed by atoms with Gasteiger partial charge < -0.3 is 5.32 Å². The number of fused-ring (bicyclic) bond motifs is 1. The molecule has 0 unspecified atom stereocenters. The Morgan fingerprint density at radius 2 is 2.00 bits per heavy atom. The number of pyridine rings is 1. The van der Waals surface area contributed by atoms with E-state index in [9.17, 15) is 0 Å². The van der Waals surface area contributed by atoms with E-state index in [1.165, 1.54) is 20.3 Å². The van der Waals surface area contributed by atoms with Crippen molar-refractivity contribution in [1.29, 1.82) is 0 Å². The number of nitrogens with zero attached hydrogens (tertiary/aromatic N) is 1. The average Bonchev–Trinajstić information content (AvgIpc) is 2.37. The second-order valence-electron chi connectivity index (χ2n) is 4.50. The van der Waals surface area contributed by atoms with Crippen LogP contribution in [0.1, 0.15) is 32.4 Å². The minimum atomic E-state index is 1.01. The zero-order valence-corrected chi connectivity index (χ0v) is 13.1. The lowest BCUT2D eigenvalue weighted by molar-refractivity contribution is 0.889. The van der Waals surface area contributed by atoms with Crippen molar-refractivity contribution >= 4 is 39.2 Å². The molecule has 0 spiro atoms. The Kier molecular flexibility index (Phi) is 4.80. The molecule has 96 valence electrons. The molecule has 3 heteroatoms. The van der Waals surface area contributed by atoms with E-state index in [4.69, 9.17) is 4.98 Å². The maximum atomic E-state index is 4.73. The summed E-state index contributed by atoms with van der Waals surface area (Å²) in [4.78, 5) is 4.73. The van der Waals surface area contributed by atoms with Gasteiger partial charge in [0.1, 0.15) is 0 Å². The van der Waals surface area contributed by atoms with E-state index in [-0.39, 0.29) is 0 Å². The molecule has 0 radical (unpaired) electrons. The van der Waals surface area contributed by atoms with E-state index < -0.39 is 0 Å². The molecule has 2 nitrogen and oxygen atoms in total. The number of hydrogen-bond acceptors (Lipinski definition) is 2. The third-order valence-electron chi connectivity index (χ3n) is 2.90. The molecular weight excluding hydrogens is 335 g/mol. The van der Waals surface area contributed by atoms with Crippen LogP contribution in [0.3, 0.4) is 0 Å². The molecule has 0 saturated carbocycles. The van der Waals surface area contributed by atoms with Crippen molar-refractivity contribution < 1.29 is 0 Å². The molecule has 0 fully saturated rings. The lowest BCUT2D eigenvalue weighted by Gasteiger charge is -2.11. The van der Waals surface area contributed by atoms with Crippen LogP contribution in [0.2, 0.25) is 0 Å². The number of anilines is 1. The zero-order chi connectivity index (χ0) is 13.0. The van der Waals surface area contributed by atoms with Gasteiger partial charge in [0.2, 0.25) is 0 Å². The number of hydrogen-bond donors (Lipinski definition) is 1. The van der Waals surface area contributed by atoms with Crippen molar-refractivity contribution in [1.82, 2.24) is 4.98 Å². The topological polar surface area (TPSA) is 24.9 Å². The molecule has 0 amide bonds. The summed E-state index contributed by atoms with van der Waals surface area (Å²) in [5.41, 5.74) is 3.51. The van der Waals surface area contributed by atoms with Crippen molar-refractivity contribution in [3.63, 3.8) is 0 Å². The highest BCUT2D eigenvalue weighted by Crippen LogP contribution is 2.25. The van der Waals surface area contributed by atoms with E-state index in [0.717, 1.165) is 31.3 Å². The Morgan fingerprint density at radius 1 is 1.17 bits per heavy atom. The smallest absolute Gasteiger partial charge is 0.0726 e. The van der Waals surface area contributed by atoms with Crippen LogP contribution in [0.15, 0.2) is 24.3 Å². The molecule has 1 heterocycles. The number of aryl methyl sites for hydroxylation is 1. The Labute approximate surface area is 122 Å². The van der Waals surface area contributed by atoms with Gasteiger partial charge in [-0.25, -0.2) is 0 Å². The minimum Gasteiger partial charge on any atom is -0.384 e. The van der Waals surface area contributed by atoms with Gasteiger partial charge in [0.15, 0.2) is 0 Å². The van der Waals surface area contributed by atoms with Gasteiger partial charge in [-0.05, 0) is 59.7 Å². The first-order valence-electron chi connectivity index (χ1n) is 6.57. The van der Waals surface area contributed by atoms with Crippen molar-refractivity contribution in [2.75, 3.05) is 11.9 Å². The second-order valence-corrected chi connectivity index (χ2v) is 5.75. The van der Waals surface area contributed by atoms with Gasteiger partial charge in [0.25, 0.3) is 0 Å². The van der Waals surface area contributed by atoms with E-state index in [2.05, 4.69) is 66.0 Å². The molecule has 0 aliphatic heterocycles. The Balaban J connectivity index is 2.50. The monoisotopic (exact) mass is 354 g/mol. The maximum Gasteiger partial charge on any atom is 0.0726 e. The summed E-state index contributed by atoms with van der Waals surface area (Å²) >= 11 is 2.35. The summed E-state index contributed by atoms with van der Waals surface area (Å²) in [5.74, 6) is 0. The molecule has 0 bridgehead atoms. The highest BCUT2D eigenvalue weighted by atomic mass is 127. The van der Waals surface area contributed by atoms with E-state index >= 15 is 0 Å². The molecule has 0 atom stereocenters. The summed E-state index contributed by atoms with van der Waals surface area (Å²) in [6.45, 7) is 5.39. The zero-order valence-electron chi connectivity index (χ0n) is 11.0. The Morgan fingerprint density at radius 3 is 2.72 bits per heavy atom. The first kappa shape index (κ1) is 13.6. The van der Waals surface area contributed by atoms with Crippen molar-refractivity contribution in [3.8, 4) is 0 Å². The minimum absolute atomic E-state index is 1.01. The summed E-state index contributed by atoms with van der Waals surface area (Å²) in [5, 5.41) is 4.75. The summed E-state index contributed by atoms with van der Waals surface area (Å²) in [6, 6.07) is 8.65. The predicted octanol–water partition coefficient (Wildman–Crippen LogP) is 4.61. The van der Waals surface area contributed by atoms with Gasteiger partial charge >= 0.3 is 0 Å². The molecule has 1 aromatic heterocycles. The fourth-order valence-corrected chi connectivity index (χ4v) is 2.53. The number of benzene rings is 1. The van der Waals surface area contributed by atoms with Crippen LogP contribution in [0, 0.1) is 3.57 Å². The number of halogens is 1. The fraction of sp³-hybridized carbons (Fsp3) is 0.400. The fourth-order valence-electron chi connectivity index (χ4n) is 2.04. The molecule has 0 saturated heterocycles. The van der Waals surface area contributed by atoms with Gasteiger partial charge in [-0.15, -0.1) is 0 Å². The number of aromatic nitrogens is 1. The molecule has 0 aliphatic rings. The molecule has 1 N–H and O–H groups in total. The van der Waals surface area contributed by atoms with Crippen LogP contribution in [0.5, 0.6) is 0 Å². The van der Waals surface area contributed by atoms with Gasteiger partial charge in [-0.2, -0.15) is 0 Å². The largest absolute Gasteiger partial charge is 0.384 e. The van der Waals surface area contributed by atoms with Gasteiger partial charge in [-0.1, -0.05) is 20.3 Å². The predicted molar refractivity (Wildman–Crippen MR) is 87.2 cm³/mol. The lowest BCUT2D eigenvalue weighted by atomic mass is 10.1. The maximum absolute atomic E-state index is 4.73. The highest BCUT2D eigenvalue weighted by molar-refractivity contribution is 14.1. The Bertz CT molecular complexity index is 537. The molecule has 18 heavy (non-hydrogen) atoms. The van der Waals surface area contributed by atoms with Crippen LogP contribution in [0.4, 0.5) is 5.69 Å². The molecular formula is C15H19IN2. The molecule has 2 rings (SSSR count). The molecule has 2 aromatic rings. The van der Waals surface area contributed by atoms with Crippen LogP contribution in [-0.2, 0) is 6.42 Å². The van der Waals surface area contributed by atoms with Crippen LogP contribution in [-0.4, -0.2) is 11.5 Å². The number of rotatable bonds is 5. The molecule has 0 aliphatic carbocycles.